The molecule has 0 N–H and O–H groups in total. The third kappa shape index (κ3) is 5.87. The molecule has 3 aromatic rings. The maximum atomic E-state index is 12.9. The van der Waals surface area contributed by atoms with Crippen LogP contribution in [0.3, 0.4) is 0 Å². The summed E-state index contributed by atoms with van der Waals surface area (Å²) in [5.74, 6) is 0.573. The van der Waals surface area contributed by atoms with Gasteiger partial charge in [0, 0.05) is 17.2 Å². The number of non-ortho nitro benzene ring substituents is 1. The molecule has 36 heavy (non-hydrogen) atoms. The molecule has 0 spiro atoms. The fraction of sp³-hybridized carbons (Fsp3) is 0.154. The van der Waals surface area contributed by atoms with Crippen molar-refractivity contribution in [3.63, 3.8) is 0 Å². The summed E-state index contributed by atoms with van der Waals surface area (Å²) in [5.41, 5.74) is 2.13. The second kappa shape index (κ2) is 11.3. The number of hydrogen-bond acceptors (Lipinski definition) is 7. The summed E-state index contributed by atoms with van der Waals surface area (Å²) in [6.07, 6.45) is 1.64. The lowest BCUT2D eigenvalue weighted by molar-refractivity contribution is -0.384. The standard InChI is InChI=1S/C26H21ClN2O6S/c1-2-34-23-13-18(9-12-22(23)35-16-17-7-10-20(11-8-17)29(32)33)14-24-25(30)28(26(31)36-24)15-19-5-3-4-6-21(19)27/h3-14H,2,15-16H2,1H3/b24-14-. The first kappa shape index (κ1) is 25.3. The van der Waals surface area contributed by atoms with Crippen molar-refractivity contribution < 1.29 is 24.0 Å². The van der Waals surface area contributed by atoms with Gasteiger partial charge in [0.25, 0.3) is 16.8 Å². The van der Waals surface area contributed by atoms with Crippen LogP contribution in [0.1, 0.15) is 23.6 Å². The summed E-state index contributed by atoms with van der Waals surface area (Å²) in [4.78, 5) is 37.3. The van der Waals surface area contributed by atoms with Gasteiger partial charge in [0.15, 0.2) is 11.5 Å². The highest BCUT2D eigenvalue weighted by Gasteiger charge is 2.35. The predicted octanol–water partition coefficient (Wildman–Crippen LogP) is 6.46. The number of benzene rings is 3. The lowest BCUT2D eigenvalue weighted by Crippen LogP contribution is -2.27. The molecule has 0 aromatic heterocycles. The molecule has 0 unspecified atom stereocenters. The summed E-state index contributed by atoms with van der Waals surface area (Å²) < 4.78 is 11.6. The molecule has 10 heteroatoms. The minimum Gasteiger partial charge on any atom is -0.490 e. The van der Waals surface area contributed by atoms with E-state index in [1.54, 1.807) is 60.7 Å². The summed E-state index contributed by atoms with van der Waals surface area (Å²) in [6.45, 7) is 2.53. The molecule has 1 heterocycles. The molecule has 2 amide bonds. The van der Waals surface area contributed by atoms with Gasteiger partial charge in [-0.2, -0.15) is 0 Å². The van der Waals surface area contributed by atoms with Gasteiger partial charge in [0.2, 0.25) is 0 Å². The topological polar surface area (TPSA) is 99.0 Å². The van der Waals surface area contributed by atoms with Crippen LogP contribution in [0.2, 0.25) is 5.02 Å². The van der Waals surface area contributed by atoms with Crippen molar-refractivity contribution in [2.24, 2.45) is 0 Å². The Morgan fingerprint density at radius 2 is 1.78 bits per heavy atom. The molecule has 8 nitrogen and oxygen atoms in total. The Morgan fingerprint density at radius 1 is 1.03 bits per heavy atom. The van der Waals surface area contributed by atoms with Crippen molar-refractivity contribution in [1.29, 1.82) is 0 Å². The van der Waals surface area contributed by atoms with Crippen molar-refractivity contribution in [2.45, 2.75) is 20.1 Å². The van der Waals surface area contributed by atoms with E-state index in [1.807, 2.05) is 6.92 Å². The fourth-order valence-electron chi connectivity index (χ4n) is 3.46. The van der Waals surface area contributed by atoms with Crippen LogP contribution in [-0.2, 0) is 17.9 Å². The number of rotatable bonds is 9. The second-order valence-electron chi connectivity index (χ2n) is 7.71. The van der Waals surface area contributed by atoms with E-state index >= 15 is 0 Å². The highest BCUT2D eigenvalue weighted by Crippen LogP contribution is 2.36. The third-order valence-electron chi connectivity index (χ3n) is 5.27. The number of nitro benzene ring substituents is 1. The number of nitrogens with zero attached hydrogens (tertiary/aromatic N) is 2. The number of carbonyl (C=O) groups excluding carboxylic acids is 2. The lowest BCUT2D eigenvalue weighted by atomic mass is 10.1. The quantitative estimate of drug-likeness (QED) is 0.180. The van der Waals surface area contributed by atoms with Crippen LogP contribution in [-0.4, -0.2) is 27.6 Å². The van der Waals surface area contributed by atoms with Gasteiger partial charge in [-0.25, -0.2) is 0 Å². The van der Waals surface area contributed by atoms with Crippen LogP contribution >= 0.6 is 23.4 Å². The summed E-state index contributed by atoms with van der Waals surface area (Å²) in [6, 6.07) is 18.4. The molecule has 0 radical (unpaired) electrons. The van der Waals surface area contributed by atoms with Crippen molar-refractivity contribution in [2.75, 3.05) is 6.61 Å². The van der Waals surface area contributed by atoms with E-state index in [4.69, 9.17) is 21.1 Å². The van der Waals surface area contributed by atoms with Gasteiger partial charge in [-0.3, -0.25) is 24.6 Å². The van der Waals surface area contributed by atoms with Gasteiger partial charge in [0.1, 0.15) is 6.61 Å². The lowest BCUT2D eigenvalue weighted by Gasteiger charge is -2.14. The van der Waals surface area contributed by atoms with E-state index in [0.717, 1.165) is 17.3 Å². The number of nitro groups is 1. The van der Waals surface area contributed by atoms with Gasteiger partial charge >= 0.3 is 0 Å². The molecule has 0 atom stereocenters. The molecule has 3 aromatic carbocycles. The van der Waals surface area contributed by atoms with Gasteiger partial charge in [-0.1, -0.05) is 35.9 Å². The van der Waals surface area contributed by atoms with Crippen LogP contribution in [0, 0.1) is 10.1 Å². The Labute approximate surface area is 216 Å². The molecule has 184 valence electrons. The average molecular weight is 525 g/mol. The number of thioether (sulfide) groups is 1. The maximum Gasteiger partial charge on any atom is 0.293 e. The Kier molecular flexibility index (Phi) is 7.92. The first-order valence-corrected chi connectivity index (χ1v) is 12.2. The summed E-state index contributed by atoms with van der Waals surface area (Å²) in [7, 11) is 0. The first-order chi connectivity index (χ1) is 17.4. The van der Waals surface area contributed by atoms with E-state index in [9.17, 15) is 19.7 Å². The molecule has 1 saturated heterocycles. The zero-order valence-electron chi connectivity index (χ0n) is 19.2. The highest BCUT2D eigenvalue weighted by atomic mass is 35.5. The second-order valence-corrected chi connectivity index (χ2v) is 9.11. The van der Waals surface area contributed by atoms with Gasteiger partial charge < -0.3 is 9.47 Å². The fourth-order valence-corrected chi connectivity index (χ4v) is 4.50. The normalized spacial score (nSPS) is 14.4. The van der Waals surface area contributed by atoms with Gasteiger partial charge in [0.05, 0.1) is 23.0 Å². The van der Waals surface area contributed by atoms with Crippen LogP contribution in [0.15, 0.2) is 71.6 Å². The Morgan fingerprint density at radius 3 is 2.47 bits per heavy atom. The third-order valence-corrected chi connectivity index (χ3v) is 6.54. The zero-order valence-corrected chi connectivity index (χ0v) is 20.8. The van der Waals surface area contributed by atoms with E-state index in [-0.39, 0.29) is 30.0 Å². The van der Waals surface area contributed by atoms with Crippen molar-refractivity contribution in [3.8, 4) is 11.5 Å². The minimum atomic E-state index is -0.456. The van der Waals surface area contributed by atoms with Crippen molar-refractivity contribution >= 4 is 46.3 Å². The van der Waals surface area contributed by atoms with E-state index < -0.39 is 4.92 Å². The van der Waals surface area contributed by atoms with Crippen LogP contribution in [0.5, 0.6) is 11.5 Å². The number of hydrogen-bond donors (Lipinski definition) is 0. The number of carbonyl (C=O) groups is 2. The molecule has 1 fully saturated rings. The minimum absolute atomic E-state index is 0.00869. The van der Waals surface area contributed by atoms with Crippen LogP contribution in [0.4, 0.5) is 10.5 Å². The number of halogens is 1. The average Bonchev–Trinajstić information content (AvgIpc) is 3.12. The van der Waals surface area contributed by atoms with Gasteiger partial charge in [-0.15, -0.1) is 0 Å². The Hall–Kier alpha value is -3.82. The molecular weight excluding hydrogens is 504 g/mol. The Bertz CT molecular complexity index is 1340. The molecule has 1 aliphatic rings. The molecule has 0 aliphatic carbocycles. The van der Waals surface area contributed by atoms with E-state index in [2.05, 4.69) is 0 Å². The van der Waals surface area contributed by atoms with Crippen molar-refractivity contribution in [3.05, 3.63) is 103 Å². The van der Waals surface area contributed by atoms with Crippen LogP contribution in [0.25, 0.3) is 6.08 Å². The summed E-state index contributed by atoms with van der Waals surface area (Å²) >= 11 is 7.06. The zero-order chi connectivity index (χ0) is 25.7. The van der Waals surface area contributed by atoms with E-state index in [1.165, 1.54) is 17.0 Å². The molecule has 0 bridgehead atoms. The van der Waals surface area contributed by atoms with Crippen molar-refractivity contribution in [1.82, 2.24) is 4.90 Å². The smallest absolute Gasteiger partial charge is 0.293 e. The Balaban J connectivity index is 1.49. The summed E-state index contributed by atoms with van der Waals surface area (Å²) in [5, 5.41) is 10.9. The highest BCUT2D eigenvalue weighted by molar-refractivity contribution is 8.18. The molecule has 1 aliphatic heterocycles. The molecular formula is C26H21ClN2O6S. The predicted molar refractivity (Wildman–Crippen MR) is 138 cm³/mol. The first-order valence-electron chi connectivity index (χ1n) is 11.0. The SMILES string of the molecule is CCOc1cc(/C=C2\SC(=O)N(Cc3ccccc3Cl)C2=O)ccc1OCc1ccc([N+](=O)[O-])cc1. The largest absolute Gasteiger partial charge is 0.490 e. The van der Waals surface area contributed by atoms with Gasteiger partial charge in [-0.05, 0) is 71.8 Å². The number of amides is 2. The number of imide groups is 1. The molecule has 4 rings (SSSR count). The monoisotopic (exact) mass is 524 g/mol. The number of ether oxygens (including phenoxy) is 2. The maximum absolute atomic E-state index is 12.9. The molecule has 0 saturated carbocycles. The van der Waals surface area contributed by atoms with E-state index in [0.29, 0.717) is 39.2 Å². The van der Waals surface area contributed by atoms with Crippen LogP contribution < -0.4 is 9.47 Å².